The molecular weight excluding hydrogens is 140 g/mol. The quantitative estimate of drug-likeness (QED) is 0.610. The van der Waals surface area contributed by atoms with Crippen LogP contribution in [0.5, 0.6) is 0 Å². The van der Waals surface area contributed by atoms with E-state index < -0.39 is 0 Å². The molecule has 0 aromatic carbocycles. The number of ether oxygens (including phenoxy) is 2. The lowest BCUT2D eigenvalue weighted by Gasteiger charge is -2.11. The van der Waals surface area contributed by atoms with Crippen molar-refractivity contribution in [3.63, 3.8) is 0 Å². The molecule has 2 atom stereocenters. The first-order chi connectivity index (χ1) is 5.33. The highest BCUT2D eigenvalue weighted by Gasteiger charge is 2.15. The van der Waals surface area contributed by atoms with Gasteiger partial charge in [-0.05, 0) is 25.7 Å². The van der Waals surface area contributed by atoms with Crippen molar-refractivity contribution in [2.75, 3.05) is 13.2 Å². The van der Waals surface area contributed by atoms with E-state index in [0.29, 0.717) is 5.92 Å². The lowest BCUT2D eigenvalue weighted by Crippen LogP contribution is -2.11. The third kappa shape index (κ3) is 3.21. The summed E-state index contributed by atoms with van der Waals surface area (Å²) in [6.07, 6.45) is 3.28. The first-order valence-corrected chi connectivity index (χ1v) is 4.35. The monoisotopic (exact) mass is 157 g/mol. The SMILES string of the molecule is [CH2]CCC1CCOC(C)OC1. The molecule has 0 saturated carbocycles. The van der Waals surface area contributed by atoms with Crippen molar-refractivity contribution in [1.82, 2.24) is 0 Å². The van der Waals surface area contributed by atoms with E-state index in [1.807, 2.05) is 6.92 Å². The highest BCUT2D eigenvalue weighted by molar-refractivity contribution is 4.61. The molecule has 1 fully saturated rings. The molecule has 0 aromatic rings. The van der Waals surface area contributed by atoms with E-state index in [-0.39, 0.29) is 6.29 Å². The topological polar surface area (TPSA) is 18.5 Å². The maximum atomic E-state index is 5.42. The lowest BCUT2D eigenvalue weighted by atomic mass is 10.0. The molecule has 2 nitrogen and oxygen atoms in total. The van der Waals surface area contributed by atoms with E-state index in [0.717, 1.165) is 32.5 Å². The summed E-state index contributed by atoms with van der Waals surface area (Å²) in [5, 5.41) is 0. The maximum Gasteiger partial charge on any atom is 0.154 e. The van der Waals surface area contributed by atoms with E-state index in [9.17, 15) is 0 Å². The summed E-state index contributed by atoms with van der Waals surface area (Å²) < 4.78 is 10.8. The van der Waals surface area contributed by atoms with Gasteiger partial charge in [0.1, 0.15) is 0 Å². The Morgan fingerprint density at radius 2 is 2.27 bits per heavy atom. The second-order valence-electron chi connectivity index (χ2n) is 3.07. The first kappa shape index (κ1) is 9.01. The van der Waals surface area contributed by atoms with Crippen molar-refractivity contribution in [3.8, 4) is 0 Å². The van der Waals surface area contributed by atoms with Crippen molar-refractivity contribution in [3.05, 3.63) is 6.92 Å². The van der Waals surface area contributed by atoms with Crippen LogP contribution in [0, 0.1) is 12.8 Å². The number of hydrogen-bond acceptors (Lipinski definition) is 2. The Hall–Kier alpha value is -0.0800. The van der Waals surface area contributed by atoms with Gasteiger partial charge in [0.05, 0.1) is 13.2 Å². The Morgan fingerprint density at radius 3 is 3.00 bits per heavy atom. The van der Waals surface area contributed by atoms with Crippen molar-refractivity contribution < 1.29 is 9.47 Å². The Balaban J connectivity index is 2.22. The van der Waals surface area contributed by atoms with Crippen LogP contribution in [0.25, 0.3) is 0 Å². The zero-order valence-electron chi connectivity index (χ0n) is 7.21. The summed E-state index contributed by atoms with van der Waals surface area (Å²) in [4.78, 5) is 0. The van der Waals surface area contributed by atoms with Gasteiger partial charge in [0.2, 0.25) is 0 Å². The summed E-state index contributed by atoms with van der Waals surface area (Å²) in [5.41, 5.74) is 0. The summed E-state index contributed by atoms with van der Waals surface area (Å²) >= 11 is 0. The molecule has 1 saturated heterocycles. The summed E-state index contributed by atoms with van der Waals surface area (Å²) in [6, 6.07) is 0. The average molecular weight is 157 g/mol. The van der Waals surface area contributed by atoms with Gasteiger partial charge < -0.3 is 9.47 Å². The van der Waals surface area contributed by atoms with Gasteiger partial charge in [-0.3, -0.25) is 0 Å². The zero-order chi connectivity index (χ0) is 8.10. The van der Waals surface area contributed by atoms with E-state index in [1.54, 1.807) is 0 Å². The molecule has 65 valence electrons. The summed E-state index contributed by atoms with van der Waals surface area (Å²) in [7, 11) is 0. The molecule has 1 heterocycles. The number of hydrogen-bond donors (Lipinski definition) is 0. The lowest BCUT2D eigenvalue weighted by molar-refractivity contribution is -0.115. The van der Waals surface area contributed by atoms with Crippen LogP contribution >= 0.6 is 0 Å². The van der Waals surface area contributed by atoms with Crippen LogP contribution in [0.1, 0.15) is 26.2 Å². The maximum absolute atomic E-state index is 5.42. The third-order valence-electron chi connectivity index (χ3n) is 2.06. The van der Waals surface area contributed by atoms with Crippen LogP contribution in [0.15, 0.2) is 0 Å². The molecule has 1 rings (SSSR count). The van der Waals surface area contributed by atoms with E-state index in [4.69, 9.17) is 9.47 Å². The molecule has 1 aliphatic heterocycles. The Kier molecular flexibility index (Phi) is 3.87. The largest absolute Gasteiger partial charge is 0.353 e. The number of rotatable bonds is 2. The highest BCUT2D eigenvalue weighted by atomic mass is 16.7. The minimum absolute atomic E-state index is 0.00943. The molecule has 0 aromatic heterocycles. The van der Waals surface area contributed by atoms with Gasteiger partial charge in [0.25, 0.3) is 0 Å². The summed E-state index contributed by atoms with van der Waals surface area (Å²) in [5.74, 6) is 0.664. The van der Waals surface area contributed by atoms with Gasteiger partial charge in [0.15, 0.2) is 6.29 Å². The second kappa shape index (κ2) is 4.73. The zero-order valence-corrected chi connectivity index (χ0v) is 7.21. The predicted octanol–water partition coefficient (Wildman–Crippen LogP) is 2.00. The van der Waals surface area contributed by atoms with Gasteiger partial charge in [-0.2, -0.15) is 0 Å². The van der Waals surface area contributed by atoms with Crippen molar-refractivity contribution in [2.45, 2.75) is 32.5 Å². The molecule has 0 bridgehead atoms. The Labute approximate surface area is 68.9 Å². The highest BCUT2D eigenvalue weighted by Crippen LogP contribution is 2.16. The van der Waals surface area contributed by atoms with Crippen LogP contribution in [0.4, 0.5) is 0 Å². The van der Waals surface area contributed by atoms with Crippen LogP contribution in [-0.2, 0) is 9.47 Å². The predicted molar refractivity (Wildman–Crippen MR) is 44.1 cm³/mol. The van der Waals surface area contributed by atoms with Gasteiger partial charge in [-0.25, -0.2) is 0 Å². The molecule has 1 radical (unpaired) electrons. The Morgan fingerprint density at radius 1 is 1.45 bits per heavy atom. The second-order valence-corrected chi connectivity index (χ2v) is 3.07. The molecule has 2 heteroatoms. The van der Waals surface area contributed by atoms with E-state index in [1.165, 1.54) is 0 Å². The molecular formula is C9H17O2. The van der Waals surface area contributed by atoms with Crippen LogP contribution in [0.3, 0.4) is 0 Å². The molecule has 11 heavy (non-hydrogen) atoms. The van der Waals surface area contributed by atoms with Gasteiger partial charge >= 0.3 is 0 Å². The molecule has 0 N–H and O–H groups in total. The van der Waals surface area contributed by atoms with Crippen LogP contribution in [-0.4, -0.2) is 19.5 Å². The minimum atomic E-state index is -0.00943. The average Bonchev–Trinajstić information content (AvgIpc) is 2.17. The van der Waals surface area contributed by atoms with E-state index >= 15 is 0 Å². The van der Waals surface area contributed by atoms with Crippen LogP contribution < -0.4 is 0 Å². The van der Waals surface area contributed by atoms with Gasteiger partial charge in [0, 0.05) is 0 Å². The van der Waals surface area contributed by atoms with Gasteiger partial charge in [-0.1, -0.05) is 13.3 Å². The van der Waals surface area contributed by atoms with Crippen molar-refractivity contribution in [1.29, 1.82) is 0 Å². The minimum Gasteiger partial charge on any atom is -0.353 e. The molecule has 0 aliphatic carbocycles. The molecule has 0 spiro atoms. The molecule has 2 unspecified atom stereocenters. The van der Waals surface area contributed by atoms with Crippen LogP contribution in [0.2, 0.25) is 0 Å². The van der Waals surface area contributed by atoms with Gasteiger partial charge in [-0.15, -0.1) is 0 Å². The van der Waals surface area contributed by atoms with E-state index in [2.05, 4.69) is 6.92 Å². The fourth-order valence-corrected chi connectivity index (χ4v) is 1.32. The fourth-order valence-electron chi connectivity index (χ4n) is 1.32. The smallest absolute Gasteiger partial charge is 0.154 e. The fraction of sp³-hybridized carbons (Fsp3) is 0.889. The molecule has 1 aliphatic rings. The first-order valence-electron chi connectivity index (χ1n) is 4.35. The Bertz CT molecular complexity index is 104. The standard InChI is InChI=1S/C9H17O2/c1-3-4-9-5-6-10-8(2)11-7-9/h8-9H,1,3-7H2,2H3. The third-order valence-corrected chi connectivity index (χ3v) is 2.06. The van der Waals surface area contributed by atoms with Crippen molar-refractivity contribution in [2.24, 2.45) is 5.92 Å². The summed E-state index contributed by atoms with van der Waals surface area (Å²) in [6.45, 7) is 7.47. The normalized spacial score (nSPS) is 33.3. The van der Waals surface area contributed by atoms with Crippen molar-refractivity contribution >= 4 is 0 Å². The molecule has 0 amide bonds.